The van der Waals surface area contributed by atoms with Gasteiger partial charge < -0.3 is 38.9 Å². The highest BCUT2D eigenvalue weighted by molar-refractivity contribution is 5.51. The van der Waals surface area contributed by atoms with Gasteiger partial charge in [-0.05, 0) is 18.6 Å². The molecule has 2 N–H and O–H groups in total. The van der Waals surface area contributed by atoms with Gasteiger partial charge in [0.05, 0.1) is 78.4 Å². The third-order valence-corrected chi connectivity index (χ3v) is 4.16. The summed E-state index contributed by atoms with van der Waals surface area (Å²) in [7, 11) is 0. The normalized spacial score (nSPS) is 11.1. The summed E-state index contributed by atoms with van der Waals surface area (Å²) in [6, 6.07) is 7.40. The lowest BCUT2D eigenvalue weighted by atomic mass is 10.3. The van der Waals surface area contributed by atoms with Gasteiger partial charge in [0, 0.05) is 6.61 Å². The van der Waals surface area contributed by atoms with Crippen LogP contribution < -0.4 is 10.5 Å². The lowest BCUT2D eigenvalue weighted by molar-refractivity contribution is -0.0178. The topological polar surface area (TPSA) is 90.6 Å². The molecular weight excluding hydrogens is 402 g/mol. The molecule has 180 valence electrons. The molecule has 0 saturated heterocycles. The minimum atomic E-state index is 0.454. The van der Waals surface area contributed by atoms with Crippen LogP contribution in [0.4, 0.5) is 5.69 Å². The first-order chi connectivity index (χ1) is 15.3. The fourth-order valence-electron chi connectivity index (χ4n) is 2.48. The SMILES string of the molecule is CCCCCOCCOCCOCCOCCOCCOCCOc1ccccc1N. The van der Waals surface area contributed by atoms with Crippen molar-refractivity contribution in [2.24, 2.45) is 0 Å². The molecule has 0 aliphatic rings. The molecule has 0 saturated carbocycles. The van der Waals surface area contributed by atoms with E-state index in [9.17, 15) is 0 Å². The monoisotopic (exact) mass is 443 g/mol. The fraction of sp³-hybridized carbons (Fsp3) is 0.739. The Bertz CT molecular complexity index is 505. The highest BCUT2D eigenvalue weighted by Gasteiger charge is 1.98. The summed E-state index contributed by atoms with van der Waals surface area (Å²) in [6.07, 6.45) is 3.56. The molecule has 0 radical (unpaired) electrons. The van der Waals surface area contributed by atoms with Crippen LogP contribution in [-0.4, -0.2) is 85.9 Å². The summed E-state index contributed by atoms with van der Waals surface area (Å²) in [5, 5.41) is 0. The lowest BCUT2D eigenvalue weighted by Crippen LogP contribution is -2.15. The van der Waals surface area contributed by atoms with Gasteiger partial charge in [-0.3, -0.25) is 0 Å². The number of unbranched alkanes of at least 4 members (excludes halogenated alkanes) is 2. The van der Waals surface area contributed by atoms with Crippen molar-refractivity contribution in [3.8, 4) is 5.75 Å². The maximum atomic E-state index is 5.80. The molecule has 0 aliphatic carbocycles. The number of hydrogen-bond donors (Lipinski definition) is 1. The van der Waals surface area contributed by atoms with Crippen LogP contribution >= 0.6 is 0 Å². The Morgan fingerprint density at radius 3 is 1.42 bits per heavy atom. The molecular formula is C23H41NO7. The number of nitrogen functional groups attached to an aromatic ring is 1. The van der Waals surface area contributed by atoms with E-state index in [0.717, 1.165) is 13.0 Å². The first kappa shape index (κ1) is 27.6. The summed E-state index contributed by atoms with van der Waals surface area (Å²) in [5.41, 5.74) is 6.43. The number of ether oxygens (including phenoxy) is 7. The van der Waals surface area contributed by atoms with Gasteiger partial charge in [-0.2, -0.15) is 0 Å². The van der Waals surface area contributed by atoms with Crippen molar-refractivity contribution in [3.05, 3.63) is 24.3 Å². The third kappa shape index (κ3) is 17.9. The Kier molecular flexibility index (Phi) is 19.4. The van der Waals surface area contributed by atoms with E-state index in [4.69, 9.17) is 38.9 Å². The molecule has 1 rings (SSSR count). The van der Waals surface area contributed by atoms with Crippen LogP contribution in [0.1, 0.15) is 26.2 Å². The van der Waals surface area contributed by atoms with E-state index in [1.54, 1.807) is 6.07 Å². The molecule has 0 aliphatic heterocycles. The van der Waals surface area contributed by atoms with Crippen LogP contribution in [0.3, 0.4) is 0 Å². The van der Waals surface area contributed by atoms with Gasteiger partial charge in [0.1, 0.15) is 12.4 Å². The van der Waals surface area contributed by atoms with Crippen LogP contribution in [0.2, 0.25) is 0 Å². The number of anilines is 1. The highest BCUT2D eigenvalue weighted by atomic mass is 16.6. The molecule has 0 bridgehead atoms. The van der Waals surface area contributed by atoms with E-state index in [2.05, 4.69) is 6.92 Å². The Morgan fingerprint density at radius 2 is 0.968 bits per heavy atom. The van der Waals surface area contributed by atoms with Gasteiger partial charge >= 0.3 is 0 Å². The van der Waals surface area contributed by atoms with E-state index < -0.39 is 0 Å². The molecule has 0 atom stereocenters. The zero-order valence-corrected chi connectivity index (χ0v) is 19.1. The molecule has 0 amide bonds. The zero-order chi connectivity index (χ0) is 22.2. The summed E-state index contributed by atoms with van der Waals surface area (Å²) in [4.78, 5) is 0. The van der Waals surface area contributed by atoms with Crippen molar-refractivity contribution < 1.29 is 33.2 Å². The van der Waals surface area contributed by atoms with E-state index >= 15 is 0 Å². The minimum Gasteiger partial charge on any atom is -0.489 e. The van der Waals surface area contributed by atoms with Gasteiger partial charge in [-0.1, -0.05) is 31.9 Å². The second-order valence-corrected chi connectivity index (χ2v) is 6.77. The first-order valence-corrected chi connectivity index (χ1v) is 11.3. The lowest BCUT2D eigenvalue weighted by Gasteiger charge is -2.09. The molecule has 1 aromatic carbocycles. The largest absolute Gasteiger partial charge is 0.489 e. The summed E-state index contributed by atoms with van der Waals surface area (Å²) in [5.74, 6) is 0.679. The molecule has 8 nitrogen and oxygen atoms in total. The number of rotatable bonds is 23. The molecule has 31 heavy (non-hydrogen) atoms. The second-order valence-electron chi connectivity index (χ2n) is 6.77. The van der Waals surface area contributed by atoms with Crippen molar-refractivity contribution >= 4 is 5.69 Å². The fourth-order valence-corrected chi connectivity index (χ4v) is 2.48. The Hall–Kier alpha value is -1.42. The summed E-state index contributed by atoms with van der Waals surface area (Å²) >= 11 is 0. The molecule has 8 heteroatoms. The molecule has 0 aromatic heterocycles. The molecule has 0 unspecified atom stereocenters. The zero-order valence-electron chi connectivity index (χ0n) is 19.1. The molecule has 0 spiro atoms. The molecule has 0 heterocycles. The van der Waals surface area contributed by atoms with Gasteiger partial charge in [0.15, 0.2) is 0 Å². The van der Waals surface area contributed by atoms with Gasteiger partial charge in [0.25, 0.3) is 0 Å². The van der Waals surface area contributed by atoms with Crippen LogP contribution in [-0.2, 0) is 28.4 Å². The number of nitrogens with two attached hydrogens (primary N) is 1. The highest BCUT2D eigenvalue weighted by Crippen LogP contribution is 2.19. The smallest absolute Gasteiger partial charge is 0.142 e. The molecule has 1 aromatic rings. The average Bonchev–Trinajstić information content (AvgIpc) is 2.78. The van der Waals surface area contributed by atoms with Gasteiger partial charge in [0.2, 0.25) is 0 Å². The second kappa shape index (κ2) is 21.8. The number of hydrogen-bond acceptors (Lipinski definition) is 8. The number of benzene rings is 1. The minimum absolute atomic E-state index is 0.454. The molecule has 0 fully saturated rings. The van der Waals surface area contributed by atoms with Crippen LogP contribution in [0.25, 0.3) is 0 Å². The van der Waals surface area contributed by atoms with Crippen molar-refractivity contribution in [1.29, 1.82) is 0 Å². The Morgan fingerprint density at radius 1 is 0.548 bits per heavy atom. The predicted octanol–water partition coefficient (Wildman–Crippen LogP) is 2.94. The maximum Gasteiger partial charge on any atom is 0.142 e. The average molecular weight is 444 g/mol. The van der Waals surface area contributed by atoms with Crippen LogP contribution in [0.5, 0.6) is 5.75 Å². The van der Waals surface area contributed by atoms with E-state index in [-0.39, 0.29) is 0 Å². The first-order valence-electron chi connectivity index (χ1n) is 11.3. The quantitative estimate of drug-likeness (QED) is 0.204. The third-order valence-electron chi connectivity index (χ3n) is 4.16. The van der Waals surface area contributed by atoms with Crippen molar-refractivity contribution in [1.82, 2.24) is 0 Å². The van der Waals surface area contributed by atoms with Crippen LogP contribution in [0, 0.1) is 0 Å². The van der Waals surface area contributed by atoms with Gasteiger partial charge in [-0.25, -0.2) is 0 Å². The summed E-state index contributed by atoms with van der Waals surface area (Å²) in [6.45, 7) is 9.53. The Balaban J connectivity index is 1.69. The predicted molar refractivity (Wildman–Crippen MR) is 121 cm³/mol. The van der Waals surface area contributed by atoms with Crippen molar-refractivity contribution in [3.63, 3.8) is 0 Å². The van der Waals surface area contributed by atoms with Crippen molar-refractivity contribution in [2.45, 2.75) is 26.2 Å². The van der Waals surface area contributed by atoms with Gasteiger partial charge in [-0.15, -0.1) is 0 Å². The van der Waals surface area contributed by atoms with E-state index in [1.807, 2.05) is 18.2 Å². The Labute approximate surface area is 187 Å². The summed E-state index contributed by atoms with van der Waals surface area (Å²) < 4.78 is 38.2. The number of para-hydroxylation sites is 2. The maximum absolute atomic E-state index is 5.80. The van der Waals surface area contributed by atoms with Crippen molar-refractivity contribution in [2.75, 3.05) is 91.6 Å². The standard InChI is InChI=1S/C23H41NO7/c1-2-3-6-9-25-10-11-26-12-13-27-14-15-28-16-17-29-18-19-30-20-21-31-23-8-5-4-7-22(23)24/h4-5,7-8H,2-3,6,9-21,24H2,1H3. The van der Waals surface area contributed by atoms with E-state index in [1.165, 1.54) is 12.8 Å². The van der Waals surface area contributed by atoms with E-state index in [0.29, 0.717) is 90.7 Å². The van der Waals surface area contributed by atoms with Crippen LogP contribution in [0.15, 0.2) is 24.3 Å².